The molecule has 7 heteroatoms. The van der Waals surface area contributed by atoms with E-state index in [4.69, 9.17) is 5.73 Å². The third kappa shape index (κ3) is 2.94. The van der Waals surface area contributed by atoms with E-state index in [9.17, 15) is 23.3 Å². The van der Waals surface area contributed by atoms with Crippen LogP contribution in [0.15, 0.2) is 18.2 Å². The van der Waals surface area contributed by atoms with E-state index in [0.717, 1.165) is 12.1 Å². The van der Waals surface area contributed by atoms with Gasteiger partial charge in [0.2, 0.25) is 0 Å². The number of nitrogens with two attached hydrogens (primary N) is 1. The van der Waals surface area contributed by atoms with Crippen LogP contribution < -0.4 is 5.73 Å². The van der Waals surface area contributed by atoms with Gasteiger partial charge in [0, 0.05) is 18.2 Å². The number of nitro groups is 1. The second kappa shape index (κ2) is 4.70. The Morgan fingerprint density at radius 1 is 1.47 bits per heavy atom. The van der Waals surface area contributed by atoms with Crippen LogP contribution in [0.25, 0.3) is 0 Å². The number of hydrogen-bond donors (Lipinski definition) is 1. The summed E-state index contributed by atoms with van der Waals surface area (Å²) in [5, 5.41) is 10.7. The molecule has 0 saturated carbocycles. The zero-order valence-electron chi connectivity index (χ0n) is 8.99. The van der Waals surface area contributed by atoms with Crippen molar-refractivity contribution in [3.8, 4) is 0 Å². The Hall–Kier alpha value is -1.63. The molecule has 0 spiro atoms. The Morgan fingerprint density at radius 2 is 2.06 bits per heavy atom. The van der Waals surface area contributed by atoms with Crippen molar-refractivity contribution in [2.75, 3.05) is 6.54 Å². The number of benzene rings is 1. The highest BCUT2D eigenvalue weighted by atomic mass is 19.4. The highest BCUT2D eigenvalue weighted by Crippen LogP contribution is 2.38. The van der Waals surface area contributed by atoms with Crippen molar-refractivity contribution in [3.05, 3.63) is 39.4 Å². The van der Waals surface area contributed by atoms with Crippen LogP contribution in [-0.2, 0) is 0 Å². The molecule has 4 nitrogen and oxygen atoms in total. The van der Waals surface area contributed by atoms with Crippen molar-refractivity contribution in [1.82, 2.24) is 0 Å². The fourth-order valence-electron chi connectivity index (χ4n) is 1.56. The maximum Gasteiger partial charge on any atom is 0.397 e. The molecule has 0 fully saturated rings. The van der Waals surface area contributed by atoms with E-state index in [1.165, 1.54) is 6.07 Å². The van der Waals surface area contributed by atoms with Gasteiger partial charge in [-0.2, -0.15) is 13.2 Å². The largest absolute Gasteiger partial charge is 0.397 e. The van der Waals surface area contributed by atoms with Crippen molar-refractivity contribution in [2.45, 2.75) is 19.0 Å². The van der Waals surface area contributed by atoms with E-state index >= 15 is 0 Å². The zero-order valence-corrected chi connectivity index (χ0v) is 8.99. The van der Waals surface area contributed by atoms with Crippen LogP contribution in [0.5, 0.6) is 0 Å². The third-order valence-electron chi connectivity index (χ3n) is 2.39. The molecule has 0 heterocycles. The number of alkyl halides is 3. The Labute approximate surface area is 95.4 Å². The van der Waals surface area contributed by atoms with Crippen molar-refractivity contribution in [3.63, 3.8) is 0 Å². The number of rotatable bonds is 3. The molecule has 0 aliphatic heterocycles. The molecule has 0 amide bonds. The lowest BCUT2D eigenvalue weighted by atomic mass is 9.95. The maximum absolute atomic E-state index is 12.7. The summed E-state index contributed by atoms with van der Waals surface area (Å²) in [6.45, 7) is 0.852. The molecule has 17 heavy (non-hydrogen) atoms. The molecule has 0 aliphatic rings. The minimum atomic E-state index is -4.59. The monoisotopic (exact) mass is 248 g/mol. The van der Waals surface area contributed by atoms with Crippen molar-refractivity contribution < 1.29 is 18.1 Å². The zero-order chi connectivity index (χ0) is 13.2. The van der Waals surface area contributed by atoms with Crippen LogP contribution in [0.1, 0.15) is 17.0 Å². The summed E-state index contributed by atoms with van der Waals surface area (Å²) < 4.78 is 38.0. The molecule has 0 aliphatic carbocycles. The summed E-state index contributed by atoms with van der Waals surface area (Å²) in [7, 11) is 0. The van der Waals surface area contributed by atoms with Gasteiger partial charge in [0.15, 0.2) is 0 Å². The molecular formula is C10H11F3N2O2. The lowest BCUT2D eigenvalue weighted by Gasteiger charge is -2.19. The predicted molar refractivity (Wildman–Crippen MR) is 55.7 cm³/mol. The Morgan fingerprint density at radius 3 is 2.47 bits per heavy atom. The summed E-state index contributed by atoms with van der Waals surface area (Å²) >= 11 is 0. The molecule has 1 unspecified atom stereocenters. The molecule has 0 radical (unpaired) electrons. The number of nitro benzene ring substituents is 1. The summed E-state index contributed by atoms with van der Waals surface area (Å²) in [5.41, 5.74) is 4.65. The summed E-state index contributed by atoms with van der Waals surface area (Å²) in [6, 6.07) is 3.62. The van der Waals surface area contributed by atoms with Crippen LogP contribution >= 0.6 is 0 Å². The van der Waals surface area contributed by atoms with Crippen LogP contribution in [0.2, 0.25) is 0 Å². The van der Waals surface area contributed by atoms with Gasteiger partial charge in [-0.3, -0.25) is 10.1 Å². The van der Waals surface area contributed by atoms with Crippen molar-refractivity contribution in [1.29, 1.82) is 0 Å². The van der Waals surface area contributed by atoms with Crippen molar-refractivity contribution >= 4 is 5.69 Å². The normalized spacial score (nSPS) is 13.5. The van der Waals surface area contributed by atoms with Gasteiger partial charge in [-0.15, -0.1) is 0 Å². The highest BCUT2D eigenvalue weighted by Gasteiger charge is 2.42. The molecular weight excluding hydrogens is 237 g/mol. The Bertz CT molecular complexity index is 432. The molecule has 94 valence electrons. The topological polar surface area (TPSA) is 69.2 Å². The first-order valence-corrected chi connectivity index (χ1v) is 4.79. The number of hydrogen-bond acceptors (Lipinski definition) is 3. The van der Waals surface area contributed by atoms with Gasteiger partial charge in [0.25, 0.3) is 5.69 Å². The average Bonchev–Trinajstić information content (AvgIpc) is 2.15. The minimum Gasteiger partial charge on any atom is -0.330 e. The van der Waals surface area contributed by atoms with E-state index < -0.39 is 29.2 Å². The lowest BCUT2D eigenvalue weighted by Crippen LogP contribution is -2.28. The van der Waals surface area contributed by atoms with Gasteiger partial charge in [-0.05, 0) is 13.0 Å². The smallest absolute Gasteiger partial charge is 0.330 e. The number of halogens is 3. The van der Waals surface area contributed by atoms with E-state index in [-0.39, 0.29) is 5.56 Å². The van der Waals surface area contributed by atoms with Gasteiger partial charge in [-0.1, -0.05) is 11.6 Å². The summed E-state index contributed by atoms with van der Waals surface area (Å²) in [4.78, 5) is 9.85. The predicted octanol–water partition coefficient (Wildman–Crippen LogP) is 2.51. The number of nitrogens with zero attached hydrogens (tertiary/aromatic N) is 1. The van der Waals surface area contributed by atoms with Gasteiger partial charge in [0.1, 0.15) is 0 Å². The standard InChI is InChI=1S/C10H11F3N2O2/c1-6-2-3-9(15(16)17)7(4-6)8(5-14)10(11,12)13/h2-4,8H,5,14H2,1H3. The second-order valence-electron chi connectivity index (χ2n) is 3.65. The van der Waals surface area contributed by atoms with Crippen LogP contribution in [-0.4, -0.2) is 17.6 Å². The summed E-state index contributed by atoms with van der Waals surface area (Å²) in [6.07, 6.45) is -4.59. The quantitative estimate of drug-likeness (QED) is 0.660. The maximum atomic E-state index is 12.7. The Kier molecular flexibility index (Phi) is 3.72. The molecule has 2 N–H and O–H groups in total. The van der Waals surface area contributed by atoms with Crippen LogP contribution in [0.4, 0.5) is 18.9 Å². The first-order valence-electron chi connectivity index (χ1n) is 4.79. The van der Waals surface area contributed by atoms with E-state index in [1.807, 2.05) is 0 Å². The van der Waals surface area contributed by atoms with Crippen LogP contribution in [0, 0.1) is 17.0 Å². The fourth-order valence-corrected chi connectivity index (χ4v) is 1.56. The van der Waals surface area contributed by atoms with E-state index in [2.05, 4.69) is 0 Å². The molecule has 0 aromatic heterocycles. The molecule has 1 atom stereocenters. The fraction of sp³-hybridized carbons (Fsp3) is 0.400. The molecule has 1 aromatic rings. The highest BCUT2D eigenvalue weighted by molar-refractivity contribution is 5.45. The minimum absolute atomic E-state index is 0.384. The first kappa shape index (κ1) is 13.4. The van der Waals surface area contributed by atoms with Gasteiger partial charge >= 0.3 is 6.18 Å². The van der Waals surface area contributed by atoms with Crippen molar-refractivity contribution in [2.24, 2.45) is 5.73 Å². The average molecular weight is 248 g/mol. The summed E-state index contributed by atoms with van der Waals surface area (Å²) in [5.74, 6) is -2.01. The molecule has 0 bridgehead atoms. The van der Waals surface area contributed by atoms with Gasteiger partial charge < -0.3 is 5.73 Å². The molecule has 0 saturated heterocycles. The molecule has 1 rings (SSSR count). The van der Waals surface area contributed by atoms with Gasteiger partial charge in [-0.25, -0.2) is 0 Å². The first-order chi connectivity index (χ1) is 7.77. The second-order valence-corrected chi connectivity index (χ2v) is 3.65. The SMILES string of the molecule is Cc1ccc([N+](=O)[O-])c(C(CN)C(F)(F)F)c1. The molecule has 1 aromatic carbocycles. The third-order valence-corrected chi connectivity index (χ3v) is 2.39. The number of aryl methyl sites for hydroxylation is 1. The van der Waals surface area contributed by atoms with Gasteiger partial charge in [0.05, 0.1) is 10.8 Å². The van der Waals surface area contributed by atoms with E-state index in [1.54, 1.807) is 6.92 Å². The lowest BCUT2D eigenvalue weighted by molar-refractivity contribution is -0.386. The van der Waals surface area contributed by atoms with Crippen LogP contribution in [0.3, 0.4) is 0 Å². The Balaban J connectivity index is 3.36. The van der Waals surface area contributed by atoms with E-state index in [0.29, 0.717) is 5.56 Å².